The smallest absolute Gasteiger partial charge is 0.380 e. The van der Waals surface area contributed by atoms with Crippen LogP contribution in [0, 0.1) is 13.8 Å². The number of methoxy groups -OCH3 is 1. The van der Waals surface area contributed by atoms with E-state index in [1.165, 1.54) is 13.0 Å². The number of hydrogen-bond donors (Lipinski definition) is 1. The van der Waals surface area contributed by atoms with Gasteiger partial charge in [0.2, 0.25) is 0 Å². The van der Waals surface area contributed by atoms with E-state index in [0.29, 0.717) is 22.6 Å². The topological polar surface area (TPSA) is 63.2 Å². The first-order valence-corrected chi connectivity index (χ1v) is 10.5. The van der Waals surface area contributed by atoms with E-state index in [2.05, 4.69) is 25.4 Å². The second-order valence-corrected chi connectivity index (χ2v) is 8.20. The van der Waals surface area contributed by atoms with Gasteiger partial charge in [0.15, 0.2) is 5.82 Å². The van der Waals surface area contributed by atoms with Crippen LogP contribution in [0.4, 0.5) is 24.7 Å². The van der Waals surface area contributed by atoms with E-state index in [1.54, 1.807) is 13.2 Å². The van der Waals surface area contributed by atoms with Crippen LogP contribution in [0.3, 0.4) is 0 Å². The minimum atomic E-state index is -4.40. The van der Waals surface area contributed by atoms with Crippen molar-refractivity contribution in [3.8, 4) is 0 Å². The first kappa shape index (κ1) is 22.3. The van der Waals surface area contributed by atoms with Crippen molar-refractivity contribution in [3.63, 3.8) is 0 Å². The lowest BCUT2D eigenvalue weighted by Gasteiger charge is -2.22. The van der Waals surface area contributed by atoms with Gasteiger partial charge in [-0.3, -0.25) is 4.98 Å². The Morgan fingerprint density at radius 3 is 2.69 bits per heavy atom. The molecule has 1 aliphatic rings. The highest BCUT2D eigenvalue weighted by Crippen LogP contribution is 2.36. The number of anilines is 2. The Hall–Kier alpha value is -2.94. The average molecular weight is 445 g/mol. The second-order valence-electron chi connectivity index (χ2n) is 8.20. The number of nitrogens with one attached hydrogen (secondary N) is 1. The van der Waals surface area contributed by atoms with Gasteiger partial charge < -0.3 is 15.0 Å². The van der Waals surface area contributed by atoms with Gasteiger partial charge in [0, 0.05) is 25.6 Å². The molecule has 1 fully saturated rings. The number of rotatable bonds is 5. The fraction of sp³-hybridized carbons (Fsp3) is 0.435. The molecule has 3 heterocycles. The fourth-order valence-electron chi connectivity index (χ4n) is 4.30. The standard InChI is InChI=1S/C23H26F3N5O/c1-13-18(6-5-7-20(13)23(24,25)26)14(2)28-22-19-10-16(31-9-8-17(12-31)32-4)11-27-21(19)15(3)29-30-22/h5-7,10-11,14,17H,8-9,12H2,1-4H3,(H,28,30)/t14-,17-/m1/s1. The van der Waals surface area contributed by atoms with Crippen LogP contribution >= 0.6 is 0 Å². The number of hydrogen-bond acceptors (Lipinski definition) is 6. The van der Waals surface area contributed by atoms with Gasteiger partial charge in [-0.25, -0.2) is 0 Å². The van der Waals surface area contributed by atoms with E-state index in [1.807, 2.05) is 26.1 Å². The summed E-state index contributed by atoms with van der Waals surface area (Å²) in [5, 5.41) is 12.5. The molecule has 0 amide bonds. The minimum Gasteiger partial charge on any atom is -0.380 e. The Morgan fingerprint density at radius 1 is 1.22 bits per heavy atom. The summed E-state index contributed by atoms with van der Waals surface area (Å²) in [4.78, 5) is 6.82. The maximum Gasteiger partial charge on any atom is 0.416 e. The monoisotopic (exact) mass is 445 g/mol. The molecule has 0 saturated carbocycles. The summed E-state index contributed by atoms with van der Waals surface area (Å²) in [6.07, 6.45) is -1.45. The van der Waals surface area contributed by atoms with E-state index in [4.69, 9.17) is 4.74 Å². The maximum absolute atomic E-state index is 13.4. The van der Waals surface area contributed by atoms with Crippen LogP contribution in [-0.2, 0) is 10.9 Å². The Bertz CT molecular complexity index is 1130. The van der Waals surface area contributed by atoms with Gasteiger partial charge >= 0.3 is 6.18 Å². The predicted octanol–water partition coefficient (Wildman–Crippen LogP) is 5.06. The molecule has 0 radical (unpaired) electrons. The third-order valence-corrected chi connectivity index (χ3v) is 6.12. The molecule has 0 spiro atoms. The van der Waals surface area contributed by atoms with Crippen molar-refractivity contribution in [1.29, 1.82) is 0 Å². The van der Waals surface area contributed by atoms with Crippen LogP contribution in [0.2, 0.25) is 0 Å². The number of nitrogens with zero attached hydrogens (tertiary/aromatic N) is 4. The van der Waals surface area contributed by atoms with Gasteiger partial charge in [0.05, 0.1) is 40.8 Å². The number of ether oxygens (including phenoxy) is 1. The summed E-state index contributed by atoms with van der Waals surface area (Å²) in [5.41, 5.74) is 2.48. The summed E-state index contributed by atoms with van der Waals surface area (Å²) in [7, 11) is 1.71. The zero-order valence-electron chi connectivity index (χ0n) is 18.5. The van der Waals surface area contributed by atoms with Crippen molar-refractivity contribution in [1.82, 2.24) is 15.2 Å². The summed E-state index contributed by atoms with van der Waals surface area (Å²) >= 11 is 0. The molecule has 9 heteroatoms. The third kappa shape index (κ3) is 4.21. The highest BCUT2D eigenvalue weighted by Gasteiger charge is 2.33. The Morgan fingerprint density at radius 2 is 2.00 bits per heavy atom. The Balaban J connectivity index is 1.69. The molecule has 1 aromatic carbocycles. The molecule has 2 atom stereocenters. The minimum absolute atomic E-state index is 0.185. The number of benzene rings is 1. The van der Waals surface area contributed by atoms with E-state index < -0.39 is 17.8 Å². The maximum atomic E-state index is 13.4. The van der Waals surface area contributed by atoms with Crippen molar-refractivity contribution >= 4 is 22.4 Å². The number of halogens is 3. The lowest BCUT2D eigenvalue weighted by molar-refractivity contribution is -0.138. The van der Waals surface area contributed by atoms with Gasteiger partial charge in [0.25, 0.3) is 0 Å². The summed E-state index contributed by atoms with van der Waals surface area (Å²) in [5.74, 6) is 0.492. The molecule has 0 bridgehead atoms. The van der Waals surface area contributed by atoms with Crippen LogP contribution in [0.5, 0.6) is 0 Å². The summed E-state index contributed by atoms with van der Waals surface area (Å²) in [6.45, 7) is 6.80. The van der Waals surface area contributed by atoms with Crippen molar-refractivity contribution in [2.24, 2.45) is 0 Å². The van der Waals surface area contributed by atoms with Crippen LogP contribution in [-0.4, -0.2) is 41.5 Å². The molecule has 1 aliphatic heterocycles. The van der Waals surface area contributed by atoms with Crippen LogP contribution in [0.15, 0.2) is 30.5 Å². The van der Waals surface area contributed by atoms with Crippen LogP contribution in [0.25, 0.3) is 10.9 Å². The number of pyridine rings is 1. The zero-order valence-corrected chi connectivity index (χ0v) is 18.5. The molecule has 0 unspecified atom stereocenters. The van der Waals surface area contributed by atoms with Crippen molar-refractivity contribution in [2.45, 2.75) is 45.5 Å². The summed E-state index contributed by atoms with van der Waals surface area (Å²) in [6, 6.07) is 5.83. The van der Waals surface area contributed by atoms with Crippen LogP contribution in [0.1, 0.15) is 41.8 Å². The molecule has 170 valence electrons. The Labute approximate surface area is 184 Å². The number of fused-ring (bicyclic) bond motifs is 1. The SMILES string of the molecule is CO[C@@H]1CCN(c2cnc3c(C)nnc(N[C@H](C)c4cccc(C(F)(F)F)c4C)c3c2)C1. The van der Waals surface area contributed by atoms with Gasteiger partial charge in [-0.1, -0.05) is 12.1 Å². The highest BCUT2D eigenvalue weighted by atomic mass is 19.4. The van der Waals surface area contributed by atoms with E-state index in [9.17, 15) is 13.2 Å². The lowest BCUT2D eigenvalue weighted by Crippen LogP contribution is -2.22. The molecule has 4 rings (SSSR count). The largest absolute Gasteiger partial charge is 0.416 e. The van der Waals surface area contributed by atoms with Crippen molar-refractivity contribution in [2.75, 3.05) is 30.4 Å². The number of aryl methyl sites for hydroxylation is 1. The third-order valence-electron chi connectivity index (χ3n) is 6.12. The van der Waals surface area contributed by atoms with Gasteiger partial charge in [-0.15, -0.1) is 5.10 Å². The van der Waals surface area contributed by atoms with E-state index in [-0.39, 0.29) is 11.7 Å². The average Bonchev–Trinajstić information content (AvgIpc) is 3.24. The molecule has 0 aliphatic carbocycles. The molecule has 1 N–H and O–H groups in total. The molecular weight excluding hydrogens is 419 g/mol. The summed E-state index contributed by atoms with van der Waals surface area (Å²) < 4.78 is 45.5. The Kier molecular flexibility index (Phi) is 5.94. The van der Waals surface area contributed by atoms with Gasteiger partial charge in [0.1, 0.15) is 0 Å². The van der Waals surface area contributed by atoms with Gasteiger partial charge in [-0.05, 0) is 50.5 Å². The fourth-order valence-corrected chi connectivity index (χ4v) is 4.30. The van der Waals surface area contributed by atoms with Crippen molar-refractivity contribution in [3.05, 3.63) is 52.8 Å². The molecule has 2 aromatic heterocycles. The zero-order chi connectivity index (χ0) is 23.0. The van der Waals surface area contributed by atoms with E-state index >= 15 is 0 Å². The molecular formula is C23H26F3N5O. The molecule has 1 saturated heterocycles. The van der Waals surface area contributed by atoms with Crippen LogP contribution < -0.4 is 10.2 Å². The first-order valence-electron chi connectivity index (χ1n) is 10.5. The predicted molar refractivity (Wildman–Crippen MR) is 118 cm³/mol. The molecule has 3 aromatic rings. The molecule has 6 nitrogen and oxygen atoms in total. The number of aromatic nitrogens is 3. The lowest BCUT2D eigenvalue weighted by atomic mass is 9.97. The molecule has 32 heavy (non-hydrogen) atoms. The first-order chi connectivity index (χ1) is 15.2. The normalized spacial score (nSPS) is 17.7. The highest BCUT2D eigenvalue weighted by molar-refractivity contribution is 5.92. The van der Waals surface area contributed by atoms with Gasteiger partial charge in [-0.2, -0.15) is 18.3 Å². The second kappa shape index (κ2) is 8.54. The van der Waals surface area contributed by atoms with E-state index in [0.717, 1.165) is 36.7 Å². The van der Waals surface area contributed by atoms with Crippen molar-refractivity contribution < 1.29 is 17.9 Å². The quantitative estimate of drug-likeness (QED) is 0.592. The number of alkyl halides is 3.